The van der Waals surface area contributed by atoms with E-state index < -0.39 is 0 Å². The maximum Gasteiger partial charge on any atom is 0.225 e. The lowest BCUT2D eigenvalue weighted by atomic mass is 9.73. The highest BCUT2D eigenvalue weighted by molar-refractivity contribution is 5.78. The average molecular weight is 369 g/mol. The molecule has 3 aliphatic rings. The molecule has 1 spiro atoms. The Hall–Kier alpha value is -1.84. The van der Waals surface area contributed by atoms with Gasteiger partial charge in [0.15, 0.2) is 0 Å². The van der Waals surface area contributed by atoms with E-state index in [4.69, 9.17) is 0 Å². The fourth-order valence-electron chi connectivity index (χ4n) is 5.08. The minimum absolute atomic E-state index is 0.0674. The number of likely N-dealkylation sites (tertiary alicyclic amines) is 1. The highest BCUT2D eigenvalue weighted by Gasteiger charge is 2.46. The van der Waals surface area contributed by atoms with Gasteiger partial charge in [0.2, 0.25) is 11.8 Å². The molecule has 146 valence electrons. The second-order valence-electron chi connectivity index (χ2n) is 9.20. The van der Waals surface area contributed by atoms with Crippen LogP contribution in [0, 0.1) is 11.8 Å². The number of hydrogen-bond acceptors (Lipinski definition) is 2. The zero-order valence-corrected chi connectivity index (χ0v) is 16.7. The van der Waals surface area contributed by atoms with Gasteiger partial charge in [-0.1, -0.05) is 38.1 Å². The molecule has 1 aliphatic heterocycles. The maximum absolute atomic E-state index is 12.5. The smallest absolute Gasteiger partial charge is 0.225 e. The lowest BCUT2D eigenvalue weighted by Crippen LogP contribution is -2.45. The summed E-state index contributed by atoms with van der Waals surface area (Å²) in [5.41, 5.74) is 2.94. The summed E-state index contributed by atoms with van der Waals surface area (Å²) < 4.78 is 0. The van der Waals surface area contributed by atoms with E-state index in [0.717, 1.165) is 44.8 Å². The number of piperidine rings is 1. The number of carbonyl (C=O) groups excluding carboxylic acids is 2. The predicted molar refractivity (Wildman–Crippen MR) is 106 cm³/mol. The summed E-state index contributed by atoms with van der Waals surface area (Å²) in [4.78, 5) is 26.9. The van der Waals surface area contributed by atoms with Crippen molar-refractivity contribution in [2.75, 3.05) is 19.6 Å². The van der Waals surface area contributed by atoms with Gasteiger partial charge in [-0.25, -0.2) is 0 Å². The fraction of sp³-hybridized carbons (Fsp3) is 0.652. The van der Waals surface area contributed by atoms with Gasteiger partial charge >= 0.3 is 0 Å². The Morgan fingerprint density at radius 1 is 1.19 bits per heavy atom. The molecule has 0 bridgehead atoms. The molecule has 4 heteroatoms. The highest BCUT2D eigenvalue weighted by Crippen LogP contribution is 2.52. The van der Waals surface area contributed by atoms with Crippen LogP contribution in [0.5, 0.6) is 0 Å². The summed E-state index contributed by atoms with van der Waals surface area (Å²) >= 11 is 0. The van der Waals surface area contributed by atoms with Gasteiger partial charge < -0.3 is 10.2 Å². The lowest BCUT2D eigenvalue weighted by Gasteiger charge is -2.41. The molecule has 1 aromatic rings. The topological polar surface area (TPSA) is 49.4 Å². The molecule has 4 rings (SSSR count). The maximum atomic E-state index is 12.5. The number of benzene rings is 1. The Balaban J connectivity index is 1.45. The van der Waals surface area contributed by atoms with Gasteiger partial charge in [-0.15, -0.1) is 0 Å². The van der Waals surface area contributed by atoms with Gasteiger partial charge in [0.1, 0.15) is 0 Å². The second kappa shape index (κ2) is 7.29. The molecule has 1 saturated heterocycles. The number of rotatable bonds is 5. The van der Waals surface area contributed by atoms with E-state index in [9.17, 15) is 9.59 Å². The van der Waals surface area contributed by atoms with Crippen LogP contribution in [0.1, 0.15) is 69.4 Å². The molecule has 0 aromatic heterocycles. The molecule has 1 heterocycles. The standard InChI is InChI=1S/C23H32N2O2/c1-16(2)22(27)25-11-9-23(10-12-25)14-18(19-5-3-4-6-20(19)23)13-21(26)24-15-17-7-8-17/h3-6,16-18H,7-15H2,1-2H3,(H,24,26)/t18-/m1/s1. The molecule has 2 fully saturated rings. The number of nitrogens with one attached hydrogen (secondary N) is 1. The summed E-state index contributed by atoms with van der Waals surface area (Å²) in [7, 11) is 0. The van der Waals surface area contributed by atoms with Gasteiger partial charge in [-0.05, 0) is 60.5 Å². The first kappa shape index (κ1) is 18.5. The summed E-state index contributed by atoms with van der Waals surface area (Å²) in [6.45, 7) is 6.49. The first-order valence-electron chi connectivity index (χ1n) is 10.6. The van der Waals surface area contributed by atoms with Crippen molar-refractivity contribution in [1.82, 2.24) is 10.2 Å². The van der Waals surface area contributed by atoms with E-state index in [0.29, 0.717) is 12.3 Å². The zero-order valence-electron chi connectivity index (χ0n) is 16.7. The third-order valence-corrected chi connectivity index (χ3v) is 6.85. The van der Waals surface area contributed by atoms with Crippen LogP contribution in [-0.2, 0) is 15.0 Å². The Kier molecular flexibility index (Phi) is 5.00. The first-order chi connectivity index (χ1) is 13.0. The Labute approximate surface area is 162 Å². The second-order valence-corrected chi connectivity index (χ2v) is 9.20. The van der Waals surface area contributed by atoms with Crippen LogP contribution in [0.2, 0.25) is 0 Å². The number of nitrogens with zero attached hydrogens (tertiary/aromatic N) is 1. The molecule has 1 aromatic carbocycles. The molecule has 2 aliphatic carbocycles. The first-order valence-corrected chi connectivity index (χ1v) is 10.6. The molecular formula is C23H32N2O2. The van der Waals surface area contributed by atoms with Crippen LogP contribution < -0.4 is 5.32 Å². The van der Waals surface area contributed by atoms with Crippen molar-refractivity contribution in [3.8, 4) is 0 Å². The Morgan fingerprint density at radius 3 is 2.56 bits per heavy atom. The SMILES string of the molecule is CC(C)C(=O)N1CCC2(CC1)C[C@@H](CC(=O)NCC1CC1)c1ccccc12. The third kappa shape index (κ3) is 3.76. The van der Waals surface area contributed by atoms with Crippen molar-refractivity contribution in [3.63, 3.8) is 0 Å². The summed E-state index contributed by atoms with van der Waals surface area (Å²) in [6.07, 6.45) is 6.21. The molecule has 0 radical (unpaired) electrons. The number of hydrogen-bond donors (Lipinski definition) is 1. The van der Waals surface area contributed by atoms with Crippen molar-refractivity contribution in [2.45, 2.75) is 63.7 Å². The molecule has 4 nitrogen and oxygen atoms in total. The zero-order chi connectivity index (χ0) is 19.0. The normalized spacial score (nSPS) is 23.5. The van der Waals surface area contributed by atoms with E-state index in [-0.39, 0.29) is 23.1 Å². The fourth-order valence-corrected chi connectivity index (χ4v) is 5.08. The molecule has 1 saturated carbocycles. The molecule has 27 heavy (non-hydrogen) atoms. The van der Waals surface area contributed by atoms with Crippen LogP contribution in [0.25, 0.3) is 0 Å². The molecular weight excluding hydrogens is 336 g/mol. The van der Waals surface area contributed by atoms with Gasteiger partial charge in [0, 0.05) is 32.0 Å². The van der Waals surface area contributed by atoms with E-state index in [2.05, 4.69) is 29.6 Å². The van der Waals surface area contributed by atoms with Crippen LogP contribution in [-0.4, -0.2) is 36.3 Å². The number of fused-ring (bicyclic) bond motifs is 2. The van der Waals surface area contributed by atoms with Gasteiger partial charge in [0.05, 0.1) is 0 Å². The van der Waals surface area contributed by atoms with E-state index in [1.165, 1.54) is 24.0 Å². The van der Waals surface area contributed by atoms with E-state index >= 15 is 0 Å². The van der Waals surface area contributed by atoms with Crippen LogP contribution in [0.4, 0.5) is 0 Å². The molecule has 2 amide bonds. The summed E-state index contributed by atoms with van der Waals surface area (Å²) in [6, 6.07) is 8.71. The van der Waals surface area contributed by atoms with Crippen molar-refractivity contribution >= 4 is 11.8 Å². The quantitative estimate of drug-likeness (QED) is 0.863. The summed E-state index contributed by atoms with van der Waals surface area (Å²) in [5, 5.41) is 3.14. The third-order valence-electron chi connectivity index (χ3n) is 6.85. The molecule has 1 atom stereocenters. The van der Waals surface area contributed by atoms with Crippen molar-refractivity contribution in [3.05, 3.63) is 35.4 Å². The molecule has 1 N–H and O–H groups in total. The van der Waals surface area contributed by atoms with Crippen molar-refractivity contribution in [1.29, 1.82) is 0 Å². The van der Waals surface area contributed by atoms with E-state index in [1.807, 2.05) is 18.7 Å². The van der Waals surface area contributed by atoms with Gasteiger partial charge in [-0.2, -0.15) is 0 Å². The van der Waals surface area contributed by atoms with Crippen LogP contribution in [0.15, 0.2) is 24.3 Å². The van der Waals surface area contributed by atoms with Crippen molar-refractivity contribution < 1.29 is 9.59 Å². The predicted octanol–water partition coefficient (Wildman–Crippen LogP) is 3.61. The number of carbonyl (C=O) groups is 2. The molecule has 0 unspecified atom stereocenters. The Morgan fingerprint density at radius 2 is 1.89 bits per heavy atom. The Bertz CT molecular complexity index is 715. The minimum atomic E-state index is 0.0674. The van der Waals surface area contributed by atoms with Crippen LogP contribution >= 0.6 is 0 Å². The van der Waals surface area contributed by atoms with Crippen LogP contribution in [0.3, 0.4) is 0 Å². The average Bonchev–Trinajstić information content (AvgIpc) is 3.46. The van der Waals surface area contributed by atoms with Gasteiger partial charge in [0.25, 0.3) is 0 Å². The summed E-state index contributed by atoms with van der Waals surface area (Å²) in [5.74, 6) is 1.57. The van der Waals surface area contributed by atoms with E-state index in [1.54, 1.807) is 0 Å². The lowest BCUT2D eigenvalue weighted by molar-refractivity contribution is -0.136. The monoisotopic (exact) mass is 368 g/mol. The van der Waals surface area contributed by atoms with Crippen molar-refractivity contribution in [2.24, 2.45) is 11.8 Å². The van der Waals surface area contributed by atoms with Gasteiger partial charge in [-0.3, -0.25) is 9.59 Å². The minimum Gasteiger partial charge on any atom is -0.356 e. The largest absolute Gasteiger partial charge is 0.356 e. The highest BCUT2D eigenvalue weighted by atomic mass is 16.2. The number of amides is 2.